The van der Waals surface area contributed by atoms with E-state index in [1.54, 1.807) is 0 Å². The van der Waals surface area contributed by atoms with Crippen LogP contribution in [0.15, 0.2) is 12.1 Å². The van der Waals surface area contributed by atoms with Gasteiger partial charge in [-0.05, 0) is 53.7 Å². The van der Waals surface area contributed by atoms with Crippen molar-refractivity contribution in [2.45, 2.75) is 39.2 Å². The zero-order valence-corrected chi connectivity index (χ0v) is 10.7. The van der Waals surface area contributed by atoms with Crippen LogP contribution in [0.25, 0.3) is 5.65 Å². The van der Waals surface area contributed by atoms with Crippen molar-refractivity contribution in [3.63, 3.8) is 0 Å². The summed E-state index contributed by atoms with van der Waals surface area (Å²) < 4.78 is 1.46. The number of tetrazole rings is 1. The Bertz CT molecular complexity index is 536. The third-order valence-electron chi connectivity index (χ3n) is 4.02. The summed E-state index contributed by atoms with van der Waals surface area (Å²) in [5, 5.41) is 19.1. The fourth-order valence-corrected chi connectivity index (χ4v) is 2.61. The van der Waals surface area contributed by atoms with Gasteiger partial charge in [-0.2, -0.15) is 0 Å². The fourth-order valence-electron chi connectivity index (χ4n) is 2.61. The van der Waals surface area contributed by atoms with E-state index in [1.165, 1.54) is 23.9 Å². The van der Waals surface area contributed by atoms with Gasteiger partial charge in [0, 0.05) is 6.04 Å². The van der Waals surface area contributed by atoms with Gasteiger partial charge >= 0.3 is 0 Å². The Morgan fingerprint density at radius 2 is 2.11 bits per heavy atom. The summed E-state index contributed by atoms with van der Waals surface area (Å²) in [6.07, 6.45) is 3.70. The highest BCUT2D eigenvalue weighted by molar-refractivity contribution is 5.42. The normalized spacial score (nSPS) is 28.4. The maximum absolute atomic E-state index is 4.34. The number of nitrogens with zero attached hydrogens (tertiary/aromatic N) is 5. The Balaban J connectivity index is 1.72. The van der Waals surface area contributed by atoms with Gasteiger partial charge in [0.05, 0.1) is 0 Å². The van der Waals surface area contributed by atoms with Gasteiger partial charge in [0.2, 0.25) is 0 Å². The second-order valence-electron chi connectivity index (χ2n) is 5.35. The van der Waals surface area contributed by atoms with Gasteiger partial charge in [-0.1, -0.05) is 13.8 Å². The Hall–Kier alpha value is -1.72. The molecule has 1 aliphatic carbocycles. The maximum Gasteiger partial charge on any atom is 0.200 e. The van der Waals surface area contributed by atoms with Crippen LogP contribution in [0.5, 0.6) is 0 Å². The highest BCUT2D eigenvalue weighted by Crippen LogP contribution is 2.30. The Morgan fingerprint density at radius 1 is 1.22 bits per heavy atom. The number of fused-ring (bicyclic) bond motifs is 1. The van der Waals surface area contributed by atoms with E-state index in [-0.39, 0.29) is 0 Å². The molecule has 3 rings (SSSR count). The predicted molar refractivity (Wildman–Crippen MR) is 68.2 cm³/mol. The first-order chi connectivity index (χ1) is 8.72. The van der Waals surface area contributed by atoms with Crippen molar-refractivity contribution in [2.24, 2.45) is 11.8 Å². The molecule has 1 fully saturated rings. The van der Waals surface area contributed by atoms with Crippen LogP contribution in [-0.4, -0.2) is 31.3 Å². The molecule has 2 heterocycles. The van der Waals surface area contributed by atoms with Crippen LogP contribution in [0.2, 0.25) is 0 Å². The monoisotopic (exact) mass is 246 g/mol. The van der Waals surface area contributed by atoms with Crippen molar-refractivity contribution in [1.82, 2.24) is 25.3 Å². The van der Waals surface area contributed by atoms with E-state index in [9.17, 15) is 0 Å². The van der Waals surface area contributed by atoms with Crippen LogP contribution in [0.4, 0.5) is 5.82 Å². The van der Waals surface area contributed by atoms with E-state index in [0.29, 0.717) is 11.7 Å². The van der Waals surface area contributed by atoms with Crippen LogP contribution < -0.4 is 5.32 Å². The molecule has 6 nitrogen and oxygen atoms in total. The predicted octanol–water partition coefficient (Wildman–Crippen LogP) is 1.76. The largest absolute Gasteiger partial charge is 0.366 e. The number of hydrogen-bond donors (Lipinski definition) is 1. The second-order valence-corrected chi connectivity index (χ2v) is 5.35. The molecule has 96 valence electrons. The molecule has 2 aromatic rings. The molecule has 1 N–H and O–H groups in total. The minimum absolute atomic E-state index is 0.512. The zero-order valence-electron chi connectivity index (χ0n) is 10.7. The Labute approximate surface area is 106 Å². The highest BCUT2D eigenvalue weighted by Gasteiger charge is 2.24. The molecule has 0 spiro atoms. The van der Waals surface area contributed by atoms with Crippen LogP contribution in [0.3, 0.4) is 0 Å². The van der Waals surface area contributed by atoms with Gasteiger partial charge in [-0.15, -0.1) is 14.8 Å². The molecule has 0 saturated heterocycles. The first-order valence-electron chi connectivity index (χ1n) is 6.54. The number of aromatic nitrogens is 5. The summed E-state index contributed by atoms with van der Waals surface area (Å²) in [5.74, 6) is 2.45. The van der Waals surface area contributed by atoms with Crippen molar-refractivity contribution >= 4 is 11.5 Å². The quantitative estimate of drug-likeness (QED) is 0.874. The molecule has 0 aliphatic heterocycles. The molecule has 0 aromatic carbocycles. The fraction of sp³-hybridized carbons (Fsp3) is 0.667. The summed E-state index contributed by atoms with van der Waals surface area (Å²) in [6, 6.07) is 4.33. The number of rotatable bonds is 2. The van der Waals surface area contributed by atoms with Crippen molar-refractivity contribution in [2.75, 3.05) is 5.32 Å². The third kappa shape index (κ3) is 2.14. The minimum Gasteiger partial charge on any atom is -0.366 e. The topological polar surface area (TPSA) is 68.0 Å². The van der Waals surface area contributed by atoms with E-state index in [2.05, 4.69) is 39.8 Å². The molecule has 0 amide bonds. The van der Waals surface area contributed by atoms with Crippen molar-refractivity contribution in [3.05, 3.63) is 12.1 Å². The summed E-state index contributed by atoms with van der Waals surface area (Å²) in [4.78, 5) is 0. The van der Waals surface area contributed by atoms with E-state index in [1.807, 2.05) is 12.1 Å². The first kappa shape index (κ1) is 11.4. The van der Waals surface area contributed by atoms with E-state index in [4.69, 9.17) is 0 Å². The number of hydrogen-bond acceptors (Lipinski definition) is 5. The summed E-state index contributed by atoms with van der Waals surface area (Å²) in [5.41, 5.74) is 0.672. The first-order valence-corrected chi connectivity index (χ1v) is 6.54. The van der Waals surface area contributed by atoms with Crippen molar-refractivity contribution in [3.8, 4) is 0 Å². The molecule has 3 unspecified atom stereocenters. The van der Waals surface area contributed by atoms with Crippen LogP contribution in [-0.2, 0) is 0 Å². The van der Waals surface area contributed by atoms with Crippen LogP contribution in [0, 0.1) is 11.8 Å². The molecule has 3 atom stereocenters. The van der Waals surface area contributed by atoms with Gasteiger partial charge < -0.3 is 5.32 Å². The molecule has 1 aliphatic rings. The maximum atomic E-state index is 4.34. The SMILES string of the molecule is CC1CCC(Nc2ccc3nnnn3n2)CC1C. The lowest BCUT2D eigenvalue weighted by molar-refractivity contribution is 0.260. The molecule has 2 aromatic heterocycles. The molecular formula is C12H18N6. The van der Waals surface area contributed by atoms with E-state index < -0.39 is 0 Å². The standard InChI is InChI=1S/C12H18N6/c1-8-3-4-10(7-9(8)2)13-11-5-6-12-14-16-17-18(12)15-11/h5-6,8-10H,3-4,7H2,1-2H3,(H,13,15). The highest BCUT2D eigenvalue weighted by atomic mass is 15.6. The summed E-state index contributed by atoms with van der Waals surface area (Å²) in [6.45, 7) is 4.67. The molecule has 18 heavy (non-hydrogen) atoms. The summed E-state index contributed by atoms with van der Waals surface area (Å²) >= 11 is 0. The number of nitrogens with one attached hydrogen (secondary N) is 1. The molecular weight excluding hydrogens is 228 g/mol. The smallest absolute Gasteiger partial charge is 0.200 e. The zero-order chi connectivity index (χ0) is 12.5. The average Bonchev–Trinajstić information content (AvgIpc) is 2.81. The third-order valence-corrected chi connectivity index (χ3v) is 4.02. The molecule has 0 bridgehead atoms. The van der Waals surface area contributed by atoms with Gasteiger partial charge in [-0.25, -0.2) is 0 Å². The Morgan fingerprint density at radius 3 is 2.94 bits per heavy atom. The Kier molecular flexibility index (Phi) is 2.85. The van der Waals surface area contributed by atoms with Crippen molar-refractivity contribution in [1.29, 1.82) is 0 Å². The van der Waals surface area contributed by atoms with E-state index in [0.717, 1.165) is 17.7 Å². The lowest BCUT2D eigenvalue weighted by Crippen LogP contribution is -2.30. The van der Waals surface area contributed by atoms with Gasteiger partial charge in [0.25, 0.3) is 0 Å². The second kappa shape index (κ2) is 4.51. The number of anilines is 1. The van der Waals surface area contributed by atoms with Crippen LogP contribution in [0.1, 0.15) is 33.1 Å². The van der Waals surface area contributed by atoms with Gasteiger partial charge in [0.15, 0.2) is 5.65 Å². The van der Waals surface area contributed by atoms with Gasteiger partial charge in [-0.3, -0.25) is 0 Å². The average molecular weight is 246 g/mol. The van der Waals surface area contributed by atoms with Gasteiger partial charge in [0.1, 0.15) is 5.82 Å². The van der Waals surface area contributed by atoms with Crippen molar-refractivity contribution < 1.29 is 0 Å². The lowest BCUT2D eigenvalue weighted by atomic mass is 9.79. The minimum atomic E-state index is 0.512. The molecule has 6 heteroatoms. The summed E-state index contributed by atoms with van der Waals surface area (Å²) in [7, 11) is 0. The van der Waals surface area contributed by atoms with Crippen LogP contribution >= 0.6 is 0 Å². The molecule has 0 radical (unpaired) electrons. The lowest BCUT2D eigenvalue weighted by Gasteiger charge is -2.32. The molecule has 1 saturated carbocycles. The van der Waals surface area contributed by atoms with E-state index >= 15 is 0 Å².